The normalized spacial score (nSPS) is 27.2. The van der Waals surface area contributed by atoms with E-state index >= 15 is 0 Å². The molecular weight excluding hydrogens is 232 g/mol. The minimum absolute atomic E-state index is 0.499. The van der Waals surface area contributed by atoms with Crippen molar-refractivity contribution < 1.29 is 0 Å². The molecule has 1 aromatic carbocycles. The zero-order valence-corrected chi connectivity index (χ0v) is 13.5. The van der Waals surface area contributed by atoms with Gasteiger partial charge in [-0.2, -0.15) is 0 Å². The lowest BCUT2D eigenvalue weighted by Gasteiger charge is -2.29. The summed E-state index contributed by atoms with van der Waals surface area (Å²) in [5, 5.41) is 0. The van der Waals surface area contributed by atoms with Crippen LogP contribution in [0.5, 0.6) is 0 Å². The van der Waals surface area contributed by atoms with Crippen molar-refractivity contribution in [1.82, 2.24) is 0 Å². The molecular formula is C17H28Si. The van der Waals surface area contributed by atoms with Crippen LogP contribution in [0.2, 0.25) is 24.2 Å². The van der Waals surface area contributed by atoms with E-state index in [1.807, 2.05) is 0 Å². The van der Waals surface area contributed by atoms with Crippen LogP contribution in [-0.2, 0) is 5.41 Å². The first kappa shape index (κ1) is 13.9. The van der Waals surface area contributed by atoms with Crippen molar-refractivity contribution in [2.45, 2.75) is 63.7 Å². The van der Waals surface area contributed by atoms with Gasteiger partial charge in [-0.05, 0) is 23.3 Å². The Bertz CT molecular complexity index is 372. The highest BCUT2D eigenvalue weighted by Crippen LogP contribution is 2.58. The molecule has 2 rings (SSSR count). The van der Waals surface area contributed by atoms with Crippen molar-refractivity contribution in [3.63, 3.8) is 0 Å². The highest BCUT2D eigenvalue weighted by Gasteiger charge is 2.53. The molecule has 1 fully saturated rings. The molecule has 0 aliphatic heterocycles. The molecule has 1 heteroatoms. The number of hydrogen-bond acceptors (Lipinski definition) is 0. The van der Waals surface area contributed by atoms with E-state index in [0.29, 0.717) is 5.41 Å². The second kappa shape index (κ2) is 5.20. The van der Waals surface area contributed by atoms with Gasteiger partial charge in [-0.15, -0.1) is 0 Å². The smallest absolute Gasteiger partial charge is 0.0530 e. The van der Waals surface area contributed by atoms with E-state index < -0.39 is 8.07 Å². The minimum Gasteiger partial charge on any atom is -0.0678 e. The van der Waals surface area contributed by atoms with Crippen LogP contribution in [-0.4, -0.2) is 8.07 Å². The molecule has 100 valence electrons. The molecule has 1 aliphatic rings. The minimum atomic E-state index is -0.940. The zero-order chi connectivity index (χ0) is 13.2. The molecule has 2 atom stereocenters. The van der Waals surface area contributed by atoms with Gasteiger partial charge in [0, 0.05) is 0 Å². The van der Waals surface area contributed by atoms with Gasteiger partial charge in [0.05, 0.1) is 8.07 Å². The van der Waals surface area contributed by atoms with E-state index in [1.165, 1.54) is 24.6 Å². The molecule has 0 aromatic heterocycles. The van der Waals surface area contributed by atoms with Crippen LogP contribution in [0.4, 0.5) is 0 Å². The van der Waals surface area contributed by atoms with Crippen LogP contribution in [0.15, 0.2) is 30.3 Å². The molecule has 0 radical (unpaired) electrons. The second-order valence-corrected chi connectivity index (χ2v) is 12.0. The van der Waals surface area contributed by atoms with Crippen LogP contribution in [0, 0.1) is 5.92 Å². The van der Waals surface area contributed by atoms with Crippen molar-refractivity contribution in [3.8, 4) is 0 Å². The molecule has 1 unspecified atom stereocenters. The lowest BCUT2D eigenvalue weighted by Crippen LogP contribution is -2.32. The average molecular weight is 260 g/mol. The highest BCUT2D eigenvalue weighted by molar-refractivity contribution is 6.79. The lowest BCUT2D eigenvalue weighted by atomic mass is 9.96. The molecule has 0 nitrogen and oxygen atoms in total. The molecule has 1 aromatic rings. The van der Waals surface area contributed by atoms with Gasteiger partial charge in [0.1, 0.15) is 0 Å². The van der Waals surface area contributed by atoms with E-state index in [2.05, 4.69) is 58.0 Å². The maximum atomic E-state index is 2.48. The molecule has 0 heterocycles. The Kier molecular flexibility index (Phi) is 4.01. The Morgan fingerprint density at radius 3 is 2.11 bits per heavy atom. The number of hydrogen-bond donors (Lipinski definition) is 0. The van der Waals surface area contributed by atoms with E-state index in [4.69, 9.17) is 0 Å². The third kappa shape index (κ3) is 2.42. The van der Waals surface area contributed by atoms with Gasteiger partial charge in [0.15, 0.2) is 0 Å². The summed E-state index contributed by atoms with van der Waals surface area (Å²) in [4.78, 5) is 0. The largest absolute Gasteiger partial charge is 0.0678 e. The summed E-state index contributed by atoms with van der Waals surface area (Å²) in [5.41, 5.74) is 2.07. The van der Waals surface area contributed by atoms with E-state index in [1.54, 1.807) is 11.6 Å². The van der Waals surface area contributed by atoms with Crippen molar-refractivity contribution in [2.75, 3.05) is 0 Å². The topological polar surface area (TPSA) is 0 Å². The molecule has 0 saturated heterocycles. The van der Waals surface area contributed by atoms with Gasteiger partial charge in [-0.25, -0.2) is 0 Å². The molecule has 0 spiro atoms. The summed E-state index contributed by atoms with van der Waals surface area (Å²) < 4.78 is 0. The Hall–Kier alpha value is -0.563. The van der Waals surface area contributed by atoms with Gasteiger partial charge >= 0.3 is 0 Å². The fraction of sp³-hybridized carbons (Fsp3) is 0.647. The predicted molar refractivity (Wildman–Crippen MR) is 83.9 cm³/mol. The molecule has 0 amide bonds. The molecule has 0 N–H and O–H groups in total. The van der Waals surface area contributed by atoms with Crippen molar-refractivity contribution >= 4 is 8.07 Å². The summed E-state index contributed by atoms with van der Waals surface area (Å²) in [6.45, 7) is 9.78. The highest BCUT2D eigenvalue weighted by atomic mass is 28.3. The Morgan fingerprint density at radius 2 is 1.61 bits per heavy atom. The van der Waals surface area contributed by atoms with E-state index in [-0.39, 0.29) is 0 Å². The maximum Gasteiger partial charge on any atom is 0.0530 e. The Labute approximate surface area is 114 Å². The first-order valence-electron chi connectivity index (χ1n) is 7.65. The predicted octanol–water partition coefficient (Wildman–Crippen LogP) is 5.47. The first-order valence-corrected chi connectivity index (χ1v) is 10.5. The quantitative estimate of drug-likeness (QED) is 0.595. The molecule has 1 aliphatic carbocycles. The average Bonchev–Trinajstić information content (AvgIpc) is 3.09. The van der Waals surface area contributed by atoms with E-state index in [9.17, 15) is 0 Å². The summed E-state index contributed by atoms with van der Waals surface area (Å²) in [6, 6.07) is 17.2. The van der Waals surface area contributed by atoms with Crippen LogP contribution in [0.1, 0.15) is 39.7 Å². The molecule has 18 heavy (non-hydrogen) atoms. The van der Waals surface area contributed by atoms with Gasteiger partial charge in [-0.3, -0.25) is 0 Å². The van der Waals surface area contributed by atoms with Crippen LogP contribution < -0.4 is 0 Å². The fourth-order valence-corrected chi connectivity index (χ4v) is 7.63. The van der Waals surface area contributed by atoms with E-state index in [0.717, 1.165) is 5.92 Å². The summed E-state index contributed by atoms with van der Waals surface area (Å²) in [6.07, 6.45) is 1.42. The Balaban J connectivity index is 2.07. The monoisotopic (exact) mass is 260 g/mol. The zero-order valence-electron chi connectivity index (χ0n) is 12.5. The summed E-state index contributed by atoms with van der Waals surface area (Å²) in [7, 11) is -0.940. The number of benzene rings is 1. The van der Waals surface area contributed by atoms with Gasteiger partial charge in [-0.1, -0.05) is 82.2 Å². The molecule has 1 saturated carbocycles. The summed E-state index contributed by atoms with van der Waals surface area (Å²) >= 11 is 0. The van der Waals surface area contributed by atoms with Crippen LogP contribution >= 0.6 is 0 Å². The second-order valence-electron chi connectivity index (χ2n) is 6.45. The van der Waals surface area contributed by atoms with Gasteiger partial charge in [0.25, 0.3) is 0 Å². The van der Waals surface area contributed by atoms with Crippen molar-refractivity contribution in [1.29, 1.82) is 0 Å². The third-order valence-corrected chi connectivity index (χ3v) is 11.6. The van der Waals surface area contributed by atoms with Crippen molar-refractivity contribution in [3.05, 3.63) is 35.9 Å². The third-order valence-electron chi connectivity index (χ3n) is 5.77. The number of rotatable bonds is 6. The van der Waals surface area contributed by atoms with Crippen LogP contribution in [0.3, 0.4) is 0 Å². The standard InChI is InChI=1S/C17H28Si/c1-5-18(6-2,7-3)14-16-13-17(16,4)15-11-9-8-10-12-15/h8-12,16H,5-7,13-14H2,1-4H3/t16?,17-/m1/s1. The van der Waals surface area contributed by atoms with Gasteiger partial charge < -0.3 is 0 Å². The van der Waals surface area contributed by atoms with Crippen LogP contribution in [0.25, 0.3) is 0 Å². The van der Waals surface area contributed by atoms with Gasteiger partial charge in [0.2, 0.25) is 0 Å². The first-order chi connectivity index (χ1) is 8.60. The maximum absolute atomic E-state index is 2.48. The lowest BCUT2D eigenvalue weighted by molar-refractivity contribution is 0.691. The van der Waals surface area contributed by atoms with Crippen molar-refractivity contribution in [2.24, 2.45) is 5.92 Å². The Morgan fingerprint density at radius 1 is 1.06 bits per heavy atom. The SMILES string of the molecule is CC[Si](CC)(CC)CC1C[C@]1(C)c1ccccc1. The molecule has 0 bridgehead atoms. The fourth-order valence-electron chi connectivity index (χ4n) is 3.63. The summed E-state index contributed by atoms with van der Waals surface area (Å²) in [5.74, 6) is 0.964.